The van der Waals surface area contributed by atoms with Crippen molar-refractivity contribution in [1.29, 1.82) is 0 Å². The molecule has 15 heavy (non-hydrogen) atoms. The van der Waals surface area contributed by atoms with E-state index in [1.807, 2.05) is 13.8 Å². The molecule has 4 heteroatoms. The van der Waals surface area contributed by atoms with Crippen LogP contribution < -0.4 is 11.1 Å². The van der Waals surface area contributed by atoms with Crippen molar-refractivity contribution in [3.8, 4) is 12.3 Å². The predicted molar refractivity (Wildman–Crippen MR) is 60.2 cm³/mol. The van der Waals surface area contributed by atoms with Crippen LogP contribution in [0.5, 0.6) is 0 Å². The Morgan fingerprint density at radius 2 is 2.07 bits per heavy atom. The van der Waals surface area contributed by atoms with Crippen LogP contribution in [-0.4, -0.2) is 35.6 Å². The first-order valence-corrected chi connectivity index (χ1v) is 5.24. The van der Waals surface area contributed by atoms with E-state index in [1.54, 1.807) is 4.90 Å². The van der Waals surface area contributed by atoms with Gasteiger partial charge in [0.05, 0.1) is 5.54 Å². The van der Waals surface area contributed by atoms with Crippen LogP contribution in [0, 0.1) is 12.3 Å². The maximum Gasteiger partial charge on any atom is 0.314 e. The van der Waals surface area contributed by atoms with E-state index in [1.165, 1.54) is 0 Å². The first-order chi connectivity index (χ1) is 6.94. The smallest absolute Gasteiger partial charge is 0.314 e. The highest BCUT2D eigenvalue weighted by Gasteiger charge is 2.25. The zero-order valence-corrected chi connectivity index (χ0v) is 9.42. The fraction of sp³-hybridized carbons (Fsp3) is 0.727. The van der Waals surface area contributed by atoms with Crippen LogP contribution in [0.4, 0.5) is 4.79 Å². The number of likely N-dealkylation sites (tertiary alicyclic amines) is 1. The number of rotatable bonds is 2. The summed E-state index contributed by atoms with van der Waals surface area (Å²) in [5, 5.41) is 3.39. The Morgan fingerprint density at radius 1 is 1.53 bits per heavy atom. The fourth-order valence-electron chi connectivity index (χ4n) is 1.80. The topological polar surface area (TPSA) is 58.4 Å². The minimum absolute atomic E-state index is 0.278. The Morgan fingerprint density at radius 3 is 2.47 bits per heavy atom. The first-order valence-electron chi connectivity index (χ1n) is 5.24. The molecule has 1 fully saturated rings. The van der Waals surface area contributed by atoms with Crippen molar-refractivity contribution in [3.05, 3.63) is 0 Å². The Balaban J connectivity index is 2.39. The van der Waals surface area contributed by atoms with Gasteiger partial charge in [-0.05, 0) is 26.7 Å². The van der Waals surface area contributed by atoms with E-state index in [2.05, 4.69) is 11.2 Å². The largest absolute Gasteiger partial charge is 0.351 e. The lowest BCUT2D eigenvalue weighted by Gasteiger charge is -2.34. The Labute approximate surface area is 91.2 Å². The molecule has 4 nitrogen and oxygen atoms in total. The summed E-state index contributed by atoms with van der Waals surface area (Å²) in [4.78, 5) is 12.6. The number of piperidine rings is 1. The molecule has 2 amide bonds. The lowest BCUT2D eigenvalue weighted by molar-refractivity contribution is 0.180. The molecule has 1 saturated heterocycles. The van der Waals surface area contributed by atoms with Gasteiger partial charge in [0, 0.05) is 19.1 Å². The minimum Gasteiger partial charge on any atom is -0.351 e. The summed E-state index contributed by atoms with van der Waals surface area (Å²) in [5.41, 5.74) is 4.92. The number of hydrogen-bond donors (Lipinski definition) is 2. The quantitative estimate of drug-likeness (QED) is 0.652. The number of primary amides is 1. The third kappa shape index (κ3) is 3.45. The molecule has 0 radical (unpaired) electrons. The van der Waals surface area contributed by atoms with Crippen LogP contribution in [0.3, 0.4) is 0 Å². The van der Waals surface area contributed by atoms with Gasteiger partial charge in [-0.25, -0.2) is 4.79 Å². The van der Waals surface area contributed by atoms with E-state index in [9.17, 15) is 4.79 Å². The summed E-state index contributed by atoms with van der Waals surface area (Å²) in [6, 6.07) is 0.0521. The summed E-state index contributed by atoms with van der Waals surface area (Å²) in [5.74, 6) is 2.71. The number of carbonyl (C=O) groups excluding carboxylic acids is 1. The lowest BCUT2D eigenvalue weighted by atomic mass is 9.99. The van der Waals surface area contributed by atoms with Crippen LogP contribution in [0.15, 0.2) is 0 Å². The van der Waals surface area contributed by atoms with Gasteiger partial charge in [0.25, 0.3) is 0 Å². The number of nitrogens with zero attached hydrogens (tertiary/aromatic N) is 1. The maximum atomic E-state index is 10.9. The van der Waals surface area contributed by atoms with Crippen molar-refractivity contribution >= 4 is 6.03 Å². The molecule has 1 rings (SSSR count). The van der Waals surface area contributed by atoms with Gasteiger partial charge < -0.3 is 10.6 Å². The van der Waals surface area contributed by atoms with Gasteiger partial charge in [0.2, 0.25) is 0 Å². The maximum absolute atomic E-state index is 10.9. The SMILES string of the molecule is C#CC(C)(C)NC1CCN(C(N)=O)CC1. The van der Waals surface area contributed by atoms with Crippen LogP contribution in [-0.2, 0) is 0 Å². The van der Waals surface area contributed by atoms with Gasteiger partial charge in [-0.2, -0.15) is 0 Å². The number of carbonyl (C=O) groups is 1. The molecule has 84 valence electrons. The number of urea groups is 1. The van der Waals surface area contributed by atoms with Crippen LogP contribution in [0.2, 0.25) is 0 Å². The molecule has 0 aliphatic carbocycles. The molecule has 0 atom stereocenters. The minimum atomic E-state index is -0.329. The molecule has 0 unspecified atom stereocenters. The van der Waals surface area contributed by atoms with E-state index < -0.39 is 0 Å². The van der Waals surface area contributed by atoms with Gasteiger partial charge in [0.15, 0.2) is 0 Å². The number of terminal acetylenes is 1. The van der Waals surface area contributed by atoms with Crippen LogP contribution in [0.25, 0.3) is 0 Å². The van der Waals surface area contributed by atoms with E-state index >= 15 is 0 Å². The van der Waals surface area contributed by atoms with Crippen molar-refractivity contribution in [2.75, 3.05) is 13.1 Å². The summed E-state index contributed by atoms with van der Waals surface area (Å²) in [6.45, 7) is 5.39. The zero-order chi connectivity index (χ0) is 11.5. The van der Waals surface area contributed by atoms with E-state index in [-0.39, 0.29) is 11.6 Å². The number of hydrogen-bond acceptors (Lipinski definition) is 2. The lowest BCUT2D eigenvalue weighted by Crippen LogP contribution is -2.51. The molecule has 1 aliphatic heterocycles. The molecule has 0 saturated carbocycles. The third-order valence-corrected chi connectivity index (χ3v) is 2.73. The Hall–Kier alpha value is -1.21. The molecule has 3 N–H and O–H groups in total. The predicted octanol–water partition coefficient (Wildman–Crippen LogP) is 0.531. The van der Waals surface area contributed by atoms with Crippen molar-refractivity contribution < 1.29 is 4.79 Å². The number of amides is 2. The molecule has 0 bridgehead atoms. The van der Waals surface area contributed by atoms with E-state index in [0.29, 0.717) is 19.1 Å². The number of nitrogens with two attached hydrogens (primary N) is 1. The molecule has 0 spiro atoms. The summed E-state index contributed by atoms with van der Waals surface area (Å²) < 4.78 is 0. The normalized spacial score (nSPS) is 18.6. The highest BCUT2D eigenvalue weighted by Crippen LogP contribution is 2.13. The second-order valence-electron chi connectivity index (χ2n) is 4.51. The van der Waals surface area contributed by atoms with Gasteiger partial charge in [0.1, 0.15) is 0 Å². The molecule has 1 aliphatic rings. The Bertz CT molecular complexity index is 272. The van der Waals surface area contributed by atoms with Gasteiger partial charge in [-0.15, -0.1) is 6.42 Å². The molecular formula is C11H19N3O. The number of nitrogens with one attached hydrogen (secondary N) is 1. The van der Waals surface area contributed by atoms with Crippen LogP contribution in [0.1, 0.15) is 26.7 Å². The average molecular weight is 209 g/mol. The van der Waals surface area contributed by atoms with E-state index in [0.717, 1.165) is 12.8 Å². The van der Waals surface area contributed by atoms with Crippen molar-refractivity contribution in [2.24, 2.45) is 5.73 Å². The first kappa shape index (κ1) is 11.9. The van der Waals surface area contributed by atoms with Gasteiger partial charge in [-0.3, -0.25) is 5.32 Å². The fourth-order valence-corrected chi connectivity index (χ4v) is 1.80. The molecule has 0 aromatic carbocycles. The van der Waals surface area contributed by atoms with Gasteiger partial charge in [-0.1, -0.05) is 5.92 Å². The molecule has 1 heterocycles. The molecule has 0 aromatic rings. The molecular weight excluding hydrogens is 190 g/mol. The second-order valence-corrected chi connectivity index (χ2v) is 4.51. The second kappa shape index (κ2) is 4.54. The standard InChI is InChI=1S/C11H19N3O/c1-4-11(2,3)13-9-5-7-14(8-6-9)10(12)15/h1,9,13H,5-8H2,2-3H3,(H2,12,15). The highest BCUT2D eigenvalue weighted by molar-refractivity contribution is 5.72. The summed E-state index contributed by atoms with van der Waals surface area (Å²) in [7, 11) is 0. The highest BCUT2D eigenvalue weighted by atomic mass is 16.2. The van der Waals surface area contributed by atoms with Crippen molar-refractivity contribution in [2.45, 2.75) is 38.3 Å². The van der Waals surface area contributed by atoms with Gasteiger partial charge >= 0.3 is 6.03 Å². The van der Waals surface area contributed by atoms with Crippen LogP contribution >= 0.6 is 0 Å². The zero-order valence-electron chi connectivity index (χ0n) is 9.42. The Kier molecular flexibility index (Phi) is 3.59. The van der Waals surface area contributed by atoms with E-state index in [4.69, 9.17) is 12.2 Å². The third-order valence-electron chi connectivity index (χ3n) is 2.73. The average Bonchev–Trinajstić information content (AvgIpc) is 2.18. The summed E-state index contributed by atoms with van der Waals surface area (Å²) >= 11 is 0. The molecule has 0 aromatic heterocycles. The van der Waals surface area contributed by atoms with Crippen molar-refractivity contribution in [3.63, 3.8) is 0 Å². The summed E-state index contributed by atoms with van der Waals surface area (Å²) in [6.07, 6.45) is 7.22. The monoisotopic (exact) mass is 209 g/mol. The van der Waals surface area contributed by atoms with Crippen molar-refractivity contribution in [1.82, 2.24) is 10.2 Å².